The first kappa shape index (κ1) is 12.2. The largest absolute Gasteiger partial charge is 0.507 e. The lowest BCUT2D eigenvalue weighted by Gasteiger charge is -2.06. The lowest BCUT2D eigenvalue weighted by molar-refractivity contribution is -0.137. The van der Waals surface area contributed by atoms with E-state index in [1.807, 2.05) is 0 Å². The molecule has 0 saturated heterocycles. The number of aryl methyl sites for hydroxylation is 1. The van der Waals surface area contributed by atoms with E-state index >= 15 is 0 Å². The summed E-state index contributed by atoms with van der Waals surface area (Å²) in [6.07, 6.45) is 0. The number of benzene rings is 1. The first-order chi connectivity index (χ1) is 7.49. The molecule has 0 saturated carbocycles. The topological polar surface area (TPSA) is 63.6 Å². The Morgan fingerprint density at radius 2 is 2.06 bits per heavy atom. The Bertz CT molecular complexity index is 440. The number of carbonyl (C=O) groups excluding carboxylic acids is 2. The fourth-order valence-electron chi connectivity index (χ4n) is 1.19. The highest BCUT2D eigenvalue weighted by molar-refractivity contribution is 6.41. The Morgan fingerprint density at radius 3 is 2.62 bits per heavy atom. The minimum absolute atomic E-state index is 0.0127. The molecule has 0 atom stereocenters. The van der Waals surface area contributed by atoms with E-state index in [0.717, 1.165) is 6.07 Å². The summed E-state index contributed by atoms with van der Waals surface area (Å²) in [6, 6.07) is 2.33. The second-order valence-electron chi connectivity index (χ2n) is 3.14. The summed E-state index contributed by atoms with van der Waals surface area (Å²) in [5.74, 6) is -3.83. The maximum atomic E-state index is 13.3. The Balaban J connectivity index is 3.18. The molecule has 0 aromatic heterocycles. The van der Waals surface area contributed by atoms with E-state index in [-0.39, 0.29) is 6.61 Å². The monoisotopic (exact) mass is 226 g/mol. The van der Waals surface area contributed by atoms with E-state index in [0.29, 0.717) is 5.56 Å². The Labute approximate surface area is 91.7 Å². The van der Waals surface area contributed by atoms with Crippen LogP contribution in [0.25, 0.3) is 0 Å². The van der Waals surface area contributed by atoms with Gasteiger partial charge < -0.3 is 9.84 Å². The van der Waals surface area contributed by atoms with Crippen LogP contribution in [0.1, 0.15) is 22.8 Å². The van der Waals surface area contributed by atoms with E-state index in [2.05, 4.69) is 4.74 Å². The molecular weight excluding hydrogens is 215 g/mol. The van der Waals surface area contributed by atoms with Gasteiger partial charge in [-0.1, -0.05) is 6.07 Å². The predicted octanol–water partition coefficient (Wildman–Crippen LogP) is 1.59. The van der Waals surface area contributed by atoms with Crippen LogP contribution in [0.5, 0.6) is 5.75 Å². The van der Waals surface area contributed by atoms with Crippen LogP contribution < -0.4 is 0 Å². The van der Waals surface area contributed by atoms with E-state index < -0.39 is 28.9 Å². The molecule has 0 aliphatic heterocycles. The van der Waals surface area contributed by atoms with Crippen molar-refractivity contribution in [3.05, 3.63) is 29.1 Å². The van der Waals surface area contributed by atoms with Crippen molar-refractivity contribution in [3.63, 3.8) is 0 Å². The number of ether oxygens (including phenoxy) is 1. The molecule has 5 heteroatoms. The molecule has 1 N–H and O–H groups in total. The molecule has 0 radical (unpaired) electrons. The van der Waals surface area contributed by atoms with Crippen LogP contribution in [0.15, 0.2) is 12.1 Å². The zero-order valence-electron chi connectivity index (χ0n) is 8.91. The minimum atomic E-state index is -1.18. The van der Waals surface area contributed by atoms with Crippen molar-refractivity contribution in [2.45, 2.75) is 13.8 Å². The van der Waals surface area contributed by atoms with Crippen molar-refractivity contribution < 1.29 is 23.8 Å². The number of esters is 1. The molecule has 0 spiro atoms. The minimum Gasteiger partial charge on any atom is -0.507 e. The van der Waals surface area contributed by atoms with Crippen LogP contribution in [0.3, 0.4) is 0 Å². The number of hydrogen-bond acceptors (Lipinski definition) is 4. The highest BCUT2D eigenvalue weighted by Crippen LogP contribution is 2.25. The summed E-state index contributed by atoms with van der Waals surface area (Å²) < 4.78 is 17.7. The van der Waals surface area contributed by atoms with Gasteiger partial charge in [0.25, 0.3) is 5.78 Å². The van der Waals surface area contributed by atoms with Crippen LogP contribution >= 0.6 is 0 Å². The number of aromatic hydroxyl groups is 1. The third-order valence-corrected chi connectivity index (χ3v) is 2.02. The van der Waals surface area contributed by atoms with Gasteiger partial charge in [-0.2, -0.15) is 0 Å². The van der Waals surface area contributed by atoms with Gasteiger partial charge >= 0.3 is 5.97 Å². The summed E-state index contributed by atoms with van der Waals surface area (Å²) in [4.78, 5) is 22.6. The van der Waals surface area contributed by atoms with Crippen LogP contribution in [0, 0.1) is 12.7 Å². The number of ketones is 1. The number of hydrogen-bond donors (Lipinski definition) is 1. The molecule has 1 aromatic rings. The van der Waals surface area contributed by atoms with Gasteiger partial charge in [0, 0.05) is 0 Å². The van der Waals surface area contributed by atoms with Crippen molar-refractivity contribution in [1.82, 2.24) is 0 Å². The number of phenols is 1. The standard InChI is InChI=1S/C11H11FO4/c1-3-16-11(15)10(14)8-7(12)5-4-6(2)9(8)13/h4-5,13H,3H2,1-2H3. The number of carbonyl (C=O) groups is 2. The van der Waals surface area contributed by atoms with E-state index in [9.17, 15) is 19.1 Å². The van der Waals surface area contributed by atoms with Gasteiger partial charge in [0.15, 0.2) is 0 Å². The summed E-state index contributed by atoms with van der Waals surface area (Å²) in [5.41, 5.74) is -0.326. The molecule has 1 rings (SSSR count). The summed E-state index contributed by atoms with van der Waals surface area (Å²) in [7, 11) is 0. The molecule has 0 aliphatic carbocycles. The van der Waals surface area contributed by atoms with Gasteiger partial charge in [0.2, 0.25) is 0 Å². The van der Waals surface area contributed by atoms with Gasteiger partial charge in [0.1, 0.15) is 17.1 Å². The first-order valence-electron chi connectivity index (χ1n) is 4.68. The quantitative estimate of drug-likeness (QED) is 0.483. The van der Waals surface area contributed by atoms with Gasteiger partial charge in [-0.25, -0.2) is 9.18 Å². The zero-order chi connectivity index (χ0) is 12.3. The summed E-state index contributed by atoms with van der Waals surface area (Å²) >= 11 is 0. The van der Waals surface area contributed by atoms with E-state index in [1.54, 1.807) is 0 Å². The molecule has 4 nitrogen and oxygen atoms in total. The van der Waals surface area contributed by atoms with Gasteiger partial charge in [0.05, 0.1) is 6.61 Å². The molecule has 0 aliphatic rings. The molecule has 1 aromatic carbocycles. The van der Waals surface area contributed by atoms with Crippen molar-refractivity contribution in [3.8, 4) is 5.75 Å². The molecule has 0 fully saturated rings. The van der Waals surface area contributed by atoms with E-state index in [4.69, 9.17) is 0 Å². The maximum Gasteiger partial charge on any atom is 0.379 e. The van der Waals surface area contributed by atoms with E-state index in [1.165, 1.54) is 19.9 Å². The van der Waals surface area contributed by atoms with Crippen LogP contribution in [0.4, 0.5) is 4.39 Å². The second kappa shape index (κ2) is 4.74. The lowest BCUT2D eigenvalue weighted by Crippen LogP contribution is -2.19. The third-order valence-electron chi connectivity index (χ3n) is 2.02. The number of Topliss-reactive ketones (excluding diaryl/α,β-unsaturated/α-hetero) is 1. The average Bonchev–Trinajstić information content (AvgIpc) is 2.24. The molecule has 86 valence electrons. The summed E-state index contributed by atoms with van der Waals surface area (Å²) in [5, 5.41) is 9.50. The Hall–Kier alpha value is -1.91. The van der Waals surface area contributed by atoms with Crippen LogP contribution in [-0.2, 0) is 9.53 Å². The highest BCUT2D eigenvalue weighted by Gasteiger charge is 2.25. The normalized spacial score (nSPS) is 9.94. The fourth-order valence-corrected chi connectivity index (χ4v) is 1.19. The zero-order valence-corrected chi connectivity index (χ0v) is 8.91. The van der Waals surface area contributed by atoms with Gasteiger partial charge in [-0.15, -0.1) is 0 Å². The van der Waals surface area contributed by atoms with Crippen molar-refractivity contribution in [2.24, 2.45) is 0 Å². The van der Waals surface area contributed by atoms with Crippen molar-refractivity contribution >= 4 is 11.8 Å². The van der Waals surface area contributed by atoms with Crippen LogP contribution in [0.2, 0.25) is 0 Å². The highest BCUT2D eigenvalue weighted by atomic mass is 19.1. The Morgan fingerprint density at radius 1 is 1.44 bits per heavy atom. The molecule has 0 heterocycles. The fraction of sp³-hybridized carbons (Fsp3) is 0.273. The van der Waals surface area contributed by atoms with Gasteiger partial charge in [-0.3, -0.25) is 4.79 Å². The molecule has 16 heavy (non-hydrogen) atoms. The number of phenolic OH excluding ortho intramolecular Hbond substituents is 1. The molecule has 0 bridgehead atoms. The third kappa shape index (κ3) is 2.18. The average molecular weight is 226 g/mol. The molecule has 0 amide bonds. The maximum absolute atomic E-state index is 13.3. The van der Waals surface area contributed by atoms with Gasteiger partial charge in [-0.05, 0) is 25.5 Å². The molecule has 0 unspecified atom stereocenters. The Kier molecular flexibility index (Phi) is 3.60. The summed E-state index contributed by atoms with van der Waals surface area (Å²) in [6.45, 7) is 3.03. The number of halogens is 1. The first-order valence-corrected chi connectivity index (χ1v) is 4.68. The van der Waals surface area contributed by atoms with Crippen molar-refractivity contribution in [2.75, 3.05) is 6.61 Å². The predicted molar refractivity (Wildman–Crippen MR) is 53.8 cm³/mol. The molecular formula is C11H11FO4. The smallest absolute Gasteiger partial charge is 0.379 e. The number of rotatable bonds is 3. The SMILES string of the molecule is CCOC(=O)C(=O)c1c(F)ccc(C)c1O. The second-order valence-corrected chi connectivity index (χ2v) is 3.14. The van der Waals surface area contributed by atoms with Crippen LogP contribution in [-0.4, -0.2) is 23.5 Å². The van der Waals surface area contributed by atoms with Crippen molar-refractivity contribution in [1.29, 1.82) is 0 Å². The lowest BCUT2D eigenvalue weighted by atomic mass is 10.1.